The number of benzene rings is 3. The third-order valence-electron chi connectivity index (χ3n) is 5.55. The van der Waals surface area contributed by atoms with Gasteiger partial charge in [0.25, 0.3) is 5.91 Å². The minimum Gasteiger partial charge on any atom is -0.304 e. The summed E-state index contributed by atoms with van der Waals surface area (Å²) in [6, 6.07) is 24.8. The molecule has 5 rings (SSSR count). The fourth-order valence-electron chi connectivity index (χ4n) is 4.24. The monoisotopic (exact) mass is 434 g/mol. The van der Waals surface area contributed by atoms with Gasteiger partial charge in [-0.2, -0.15) is 0 Å². The first kappa shape index (κ1) is 19.2. The van der Waals surface area contributed by atoms with Gasteiger partial charge in [0.1, 0.15) is 0 Å². The number of thioether (sulfide) groups is 1. The van der Waals surface area contributed by atoms with Crippen LogP contribution in [0.3, 0.4) is 0 Å². The van der Waals surface area contributed by atoms with Gasteiger partial charge in [-0.25, -0.2) is 0 Å². The lowest BCUT2D eigenvalue weighted by Crippen LogP contribution is -2.56. The summed E-state index contributed by atoms with van der Waals surface area (Å²) >= 11 is 7.61. The summed E-state index contributed by atoms with van der Waals surface area (Å²) < 4.78 is 0. The van der Waals surface area contributed by atoms with Crippen molar-refractivity contribution < 1.29 is 9.59 Å². The maximum Gasteiger partial charge on any atom is 0.269 e. The molecule has 0 bridgehead atoms. The minimum absolute atomic E-state index is 0.0548. The van der Waals surface area contributed by atoms with Gasteiger partial charge in [-0.3, -0.25) is 14.5 Å². The summed E-state index contributed by atoms with van der Waals surface area (Å²) in [4.78, 5) is 29.6. The molecule has 0 N–H and O–H groups in total. The van der Waals surface area contributed by atoms with Crippen molar-refractivity contribution in [3.05, 3.63) is 95.0 Å². The van der Waals surface area contributed by atoms with Crippen molar-refractivity contribution in [1.82, 2.24) is 0 Å². The first-order chi connectivity index (χ1) is 14.6. The van der Waals surface area contributed by atoms with Gasteiger partial charge in [0.05, 0.1) is 12.2 Å². The smallest absolute Gasteiger partial charge is 0.269 e. The van der Waals surface area contributed by atoms with E-state index in [1.165, 1.54) is 11.8 Å². The zero-order chi connectivity index (χ0) is 20.7. The Balaban J connectivity index is 1.66. The van der Waals surface area contributed by atoms with Crippen LogP contribution >= 0.6 is 23.4 Å². The van der Waals surface area contributed by atoms with Crippen molar-refractivity contribution in [2.45, 2.75) is 17.8 Å². The van der Waals surface area contributed by atoms with Crippen molar-refractivity contribution >= 4 is 46.6 Å². The molecule has 2 aliphatic rings. The normalized spacial score (nSPS) is 20.7. The molecule has 1 spiro atoms. The molecule has 0 aliphatic carbocycles. The van der Waals surface area contributed by atoms with Crippen molar-refractivity contribution in [1.29, 1.82) is 0 Å². The fraction of sp³-hybridized carbons (Fsp3) is 0.167. The Morgan fingerprint density at radius 1 is 0.900 bits per heavy atom. The first-order valence-electron chi connectivity index (χ1n) is 9.79. The van der Waals surface area contributed by atoms with Gasteiger partial charge in [0.2, 0.25) is 10.8 Å². The molecule has 0 saturated carbocycles. The predicted octanol–water partition coefficient (Wildman–Crippen LogP) is 5.21. The van der Waals surface area contributed by atoms with Crippen molar-refractivity contribution in [3.8, 4) is 0 Å². The van der Waals surface area contributed by atoms with Gasteiger partial charge >= 0.3 is 0 Å². The van der Waals surface area contributed by atoms with E-state index in [2.05, 4.69) is 0 Å². The number of rotatable bonds is 3. The van der Waals surface area contributed by atoms with Crippen LogP contribution in [0.25, 0.3) is 0 Å². The molecule has 3 aromatic rings. The van der Waals surface area contributed by atoms with Crippen LogP contribution in [0.2, 0.25) is 5.02 Å². The van der Waals surface area contributed by atoms with E-state index in [4.69, 9.17) is 11.6 Å². The summed E-state index contributed by atoms with van der Waals surface area (Å²) in [6.07, 6.45) is 0.392. The topological polar surface area (TPSA) is 40.6 Å². The van der Waals surface area contributed by atoms with Crippen molar-refractivity contribution in [2.24, 2.45) is 0 Å². The quantitative estimate of drug-likeness (QED) is 0.568. The van der Waals surface area contributed by atoms with Crippen LogP contribution < -0.4 is 9.80 Å². The van der Waals surface area contributed by atoms with E-state index in [1.54, 1.807) is 21.9 Å². The molecule has 1 fully saturated rings. The Labute approximate surface area is 184 Å². The zero-order valence-electron chi connectivity index (χ0n) is 16.1. The van der Waals surface area contributed by atoms with Crippen LogP contribution in [0.4, 0.5) is 11.4 Å². The van der Waals surface area contributed by atoms with E-state index in [-0.39, 0.29) is 11.8 Å². The molecule has 1 atom stereocenters. The van der Waals surface area contributed by atoms with Crippen LogP contribution in [-0.4, -0.2) is 17.6 Å². The standard InChI is InChI=1S/C24H19ClN2O2S/c25-18-10-12-19(13-11-18)27-22(28)14-15-30-24(27)20-8-4-5-9-21(20)26(23(24)29)16-17-6-2-1-3-7-17/h1-13H,14-16H2. The number of fused-ring (bicyclic) bond motifs is 2. The highest BCUT2D eigenvalue weighted by Gasteiger charge is 2.58. The first-order valence-corrected chi connectivity index (χ1v) is 11.2. The number of halogens is 1. The number of anilines is 2. The third kappa shape index (κ3) is 2.92. The molecule has 2 amide bonds. The molecule has 0 aromatic heterocycles. The SMILES string of the molecule is O=C1CCSC2(C(=O)N(Cc3ccccc3)c3ccccc32)N1c1ccc(Cl)cc1. The second kappa shape index (κ2) is 7.49. The summed E-state index contributed by atoms with van der Waals surface area (Å²) in [7, 11) is 0. The van der Waals surface area contributed by atoms with E-state index in [1.807, 2.05) is 66.7 Å². The molecule has 150 valence electrons. The van der Waals surface area contributed by atoms with Crippen LogP contribution in [-0.2, 0) is 21.0 Å². The average Bonchev–Trinajstić information content (AvgIpc) is 2.99. The molecule has 0 radical (unpaired) electrons. The second-order valence-electron chi connectivity index (χ2n) is 7.34. The largest absolute Gasteiger partial charge is 0.304 e. The number of para-hydroxylation sites is 1. The highest BCUT2D eigenvalue weighted by Crippen LogP contribution is 2.54. The highest BCUT2D eigenvalue weighted by molar-refractivity contribution is 8.01. The van der Waals surface area contributed by atoms with E-state index >= 15 is 0 Å². The van der Waals surface area contributed by atoms with Gasteiger partial charge in [0, 0.05) is 28.4 Å². The Bertz CT molecular complexity index is 1120. The predicted molar refractivity (Wildman–Crippen MR) is 122 cm³/mol. The Kier molecular flexibility index (Phi) is 4.80. The number of hydrogen-bond donors (Lipinski definition) is 0. The maximum atomic E-state index is 14.0. The molecule has 4 nitrogen and oxygen atoms in total. The van der Waals surface area contributed by atoms with Crippen molar-refractivity contribution in [3.63, 3.8) is 0 Å². The van der Waals surface area contributed by atoms with Gasteiger partial charge < -0.3 is 4.90 Å². The number of carbonyl (C=O) groups excluding carboxylic acids is 2. The molecule has 2 aliphatic heterocycles. The van der Waals surface area contributed by atoms with Gasteiger partial charge in [-0.1, -0.05) is 60.1 Å². The van der Waals surface area contributed by atoms with E-state index in [0.717, 1.165) is 16.8 Å². The van der Waals surface area contributed by atoms with Crippen LogP contribution in [0.5, 0.6) is 0 Å². The van der Waals surface area contributed by atoms with Crippen LogP contribution in [0, 0.1) is 0 Å². The summed E-state index contributed by atoms with van der Waals surface area (Å²) in [6.45, 7) is 0.460. The minimum atomic E-state index is -1.10. The molecular weight excluding hydrogens is 416 g/mol. The van der Waals surface area contributed by atoms with E-state index < -0.39 is 4.87 Å². The van der Waals surface area contributed by atoms with E-state index in [9.17, 15) is 9.59 Å². The average molecular weight is 435 g/mol. The molecule has 3 aromatic carbocycles. The van der Waals surface area contributed by atoms with Gasteiger partial charge in [-0.15, -0.1) is 11.8 Å². The molecule has 6 heteroatoms. The van der Waals surface area contributed by atoms with Gasteiger partial charge in [-0.05, 0) is 35.9 Å². The Morgan fingerprint density at radius 3 is 2.37 bits per heavy atom. The molecule has 30 heavy (non-hydrogen) atoms. The molecule has 1 saturated heterocycles. The van der Waals surface area contributed by atoms with Crippen LogP contribution in [0.15, 0.2) is 78.9 Å². The lowest BCUT2D eigenvalue weighted by molar-refractivity contribution is -0.125. The number of hydrogen-bond acceptors (Lipinski definition) is 3. The molecular formula is C24H19ClN2O2S. The fourth-order valence-corrected chi connectivity index (χ4v) is 5.83. The summed E-state index contributed by atoms with van der Waals surface area (Å²) in [5.41, 5.74) is 3.44. The summed E-state index contributed by atoms with van der Waals surface area (Å²) in [5, 5.41) is 0.591. The lowest BCUT2D eigenvalue weighted by atomic mass is 10.0. The zero-order valence-corrected chi connectivity index (χ0v) is 17.7. The van der Waals surface area contributed by atoms with Crippen LogP contribution in [0.1, 0.15) is 17.5 Å². The molecule has 1 unspecified atom stereocenters. The summed E-state index contributed by atoms with van der Waals surface area (Å²) in [5.74, 6) is 0.462. The second-order valence-corrected chi connectivity index (χ2v) is 9.07. The number of amides is 2. The highest BCUT2D eigenvalue weighted by atomic mass is 35.5. The van der Waals surface area contributed by atoms with Gasteiger partial charge in [0.15, 0.2) is 0 Å². The Morgan fingerprint density at radius 2 is 1.60 bits per heavy atom. The number of nitrogens with zero attached hydrogens (tertiary/aromatic N) is 2. The molecule has 2 heterocycles. The lowest BCUT2D eigenvalue weighted by Gasteiger charge is -2.42. The number of carbonyl (C=O) groups is 2. The maximum absolute atomic E-state index is 14.0. The van der Waals surface area contributed by atoms with E-state index in [0.29, 0.717) is 29.4 Å². The Hall–Kier alpha value is -2.76. The third-order valence-corrected chi connectivity index (χ3v) is 7.21. The van der Waals surface area contributed by atoms with Crippen molar-refractivity contribution in [2.75, 3.05) is 15.6 Å².